The van der Waals surface area contributed by atoms with E-state index >= 15 is 0 Å². The minimum absolute atomic E-state index is 0.0260. The van der Waals surface area contributed by atoms with Crippen LogP contribution in [0, 0.1) is 0 Å². The van der Waals surface area contributed by atoms with Gasteiger partial charge in [-0.1, -0.05) is 15.9 Å². The Labute approximate surface area is 157 Å². The molecule has 1 saturated carbocycles. The van der Waals surface area contributed by atoms with Crippen LogP contribution >= 0.6 is 15.9 Å². The van der Waals surface area contributed by atoms with E-state index in [2.05, 4.69) is 28.1 Å². The first-order valence-electron chi connectivity index (χ1n) is 9.67. The summed E-state index contributed by atoms with van der Waals surface area (Å²) in [5.41, 5.74) is 2.68. The molecule has 3 heterocycles. The van der Waals surface area contributed by atoms with Crippen molar-refractivity contribution in [2.75, 3.05) is 13.2 Å². The van der Waals surface area contributed by atoms with Crippen LogP contribution in [0.1, 0.15) is 55.6 Å². The Morgan fingerprint density at radius 2 is 2.12 bits per heavy atom. The molecule has 5 heteroatoms. The molecule has 1 aromatic rings. The summed E-state index contributed by atoms with van der Waals surface area (Å²) in [5.74, 6) is 1.58. The number of ether oxygens (including phenoxy) is 4. The number of unbranched alkanes of at least 4 members (excludes halogenated alkanes) is 1. The topological polar surface area (TPSA) is 40.2 Å². The minimum Gasteiger partial charge on any atom is -0.489 e. The van der Waals surface area contributed by atoms with Gasteiger partial charge in [-0.3, -0.25) is 0 Å². The normalized spacial score (nSPS) is 35.0. The molecule has 3 fully saturated rings. The van der Waals surface area contributed by atoms with E-state index in [1.807, 2.05) is 0 Å². The first kappa shape index (κ1) is 16.5. The lowest BCUT2D eigenvalue weighted by molar-refractivity contribution is -0.162. The van der Waals surface area contributed by atoms with Crippen molar-refractivity contribution in [3.8, 4) is 5.75 Å². The highest BCUT2D eigenvalue weighted by molar-refractivity contribution is 9.10. The van der Waals surface area contributed by atoms with E-state index < -0.39 is 0 Å². The zero-order chi connectivity index (χ0) is 16.8. The molecule has 0 aromatic heterocycles. The number of hydrogen-bond donors (Lipinski definition) is 0. The Morgan fingerprint density at radius 1 is 1.16 bits per heavy atom. The Balaban J connectivity index is 1.17. The van der Waals surface area contributed by atoms with Gasteiger partial charge in [0.1, 0.15) is 11.9 Å². The summed E-state index contributed by atoms with van der Waals surface area (Å²) < 4.78 is 24.7. The number of fused-ring (bicyclic) bond motifs is 5. The van der Waals surface area contributed by atoms with Crippen molar-refractivity contribution < 1.29 is 18.9 Å². The third-order valence-corrected chi connectivity index (χ3v) is 6.37. The molecule has 2 saturated heterocycles. The summed E-state index contributed by atoms with van der Waals surface area (Å²) in [5, 5.41) is 0. The van der Waals surface area contributed by atoms with Crippen LogP contribution in [0.5, 0.6) is 5.75 Å². The van der Waals surface area contributed by atoms with Gasteiger partial charge in [-0.05, 0) is 56.2 Å². The van der Waals surface area contributed by atoms with Gasteiger partial charge in [-0.15, -0.1) is 0 Å². The summed E-state index contributed by atoms with van der Waals surface area (Å²) in [6.45, 7) is 1.63. The minimum atomic E-state index is 0.0260. The first-order chi connectivity index (χ1) is 12.3. The molecule has 136 valence electrons. The van der Waals surface area contributed by atoms with Crippen molar-refractivity contribution in [3.05, 3.63) is 27.7 Å². The lowest BCUT2D eigenvalue weighted by Crippen LogP contribution is -2.22. The number of aryl methyl sites for hydroxylation is 1. The van der Waals surface area contributed by atoms with Gasteiger partial charge in [0.2, 0.25) is 0 Å². The van der Waals surface area contributed by atoms with Crippen molar-refractivity contribution >= 4 is 15.9 Å². The van der Waals surface area contributed by atoms with E-state index in [0.717, 1.165) is 55.5 Å². The van der Waals surface area contributed by atoms with E-state index in [4.69, 9.17) is 18.9 Å². The van der Waals surface area contributed by atoms with Crippen LogP contribution in [0.4, 0.5) is 0 Å². The Morgan fingerprint density at radius 3 is 3.00 bits per heavy atom. The lowest BCUT2D eigenvalue weighted by atomic mass is 9.94. The van der Waals surface area contributed by atoms with Gasteiger partial charge in [0.25, 0.3) is 0 Å². The van der Waals surface area contributed by atoms with Gasteiger partial charge in [-0.2, -0.15) is 0 Å². The van der Waals surface area contributed by atoms with Crippen LogP contribution in [0.3, 0.4) is 0 Å². The molecule has 5 rings (SSSR count). The summed E-state index contributed by atoms with van der Waals surface area (Å²) >= 11 is 3.68. The van der Waals surface area contributed by atoms with Crippen molar-refractivity contribution in [2.45, 2.75) is 75.5 Å². The number of rotatable bonds is 6. The maximum atomic E-state index is 6.32. The predicted octanol–water partition coefficient (Wildman–Crippen LogP) is 4.33. The maximum absolute atomic E-state index is 6.32. The molecule has 25 heavy (non-hydrogen) atoms. The fourth-order valence-electron chi connectivity index (χ4n) is 4.62. The molecule has 1 aromatic carbocycles. The van der Waals surface area contributed by atoms with Crippen LogP contribution in [-0.4, -0.2) is 37.8 Å². The molecule has 4 nitrogen and oxygen atoms in total. The van der Waals surface area contributed by atoms with E-state index in [0.29, 0.717) is 24.2 Å². The highest BCUT2D eigenvalue weighted by Gasteiger charge is 2.60. The SMILES string of the molecule is Brc1cc(CCCCOC2CCCCO2)c2c(c1)C1C(C[C@H]3O[C@@H]13)O2. The van der Waals surface area contributed by atoms with Gasteiger partial charge >= 0.3 is 0 Å². The molecule has 0 bridgehead atoms. The van der Waals surface area contributed by atoms with Gasteiger partial charge in [0, 0.05) is 29.7 Å². The largest absolute Gasteiger partial charge is 0.489 e. The molecule has 4 aliphatic rings. The second-order valence-corrected chi connectivity index (χ2v) is 8.58. The molecule has 3 unspecified atom stereocenters. The molecule has 0 N–H and O–H groups in total. The summed E-state index contributed by atoms with van der Waals surface area (Å²) in [4.78, 5) is 0. The smallest absolute Gasteiger partial charge is 0.157 e. The molecular weight excluding hydrogens is 384 g/mol. The van der Waals surface area contributed by atoms with Gasteiger partial charge in [-0.25, -0.2) is 0 Å². The van der Waals surface area contributed by atoms with Gasteiger partial charge < -0.3 is 18.9 Å². The van der Waals surface area contributed by atoms with E-state index in [9.17, 15) is 0 Å². The Kier molecular flexibility index (Phi) is 4.53. The second-order valence-electron chi connectivity index (χ2n) is 7.66. The first-order valence-corrected chi connectivity index (χ1v) is 10.5. The quantitative estimate of drug-likeness (QED) is 0.518. The molecule has 0 amide bonds. The van der Waals surface area contributed by atoms with Crippen molar-refractivity contribution in [2.24, 2.45) is 0 Å². The third kappa shape index (κ3) is 3.25. The van der Waals surface area contributed by atoms with E-state index in [-0.39, 0.29) is 6.29 Å². The third-order valence-electron chi connectivity index (χ3n) is 5.91. The van der Waals surface area contributed by atoms with E-state index in [1.165, 1.54) is 24.0 Å². The standard InChI is InChI=1S/C20H25BrO4/c21-13-9-12(5-1-3-7-22-17-6-2-4-8-23-17)19-14(10-13)18-15(24-19)11-16-20(18)25-16/h9-10,15-18,20H,1-8,11H2/t15?,16-,17?,18?,20-/m1/s1. The molecule has 1 aliphatic carbocycles. The zero-order valence-electron chi connectivity index (χ0n) is 14.4. The second kappa shape index (κ2) is 6.84. The molecule has 5 atom stereocenters. The predicted molar refractivity (Wildman–Crippen MR) is 97.1 cm³/mol. The zero-order valence-corrected chi connectivity index (χ0v) is 16.0. The number of halogens is 1. The maximum Gasteiger partial charge on any atom is 0.157 e. The van der Waals surface area contributed by atoms with Crippen molar-refractivity contribution in [1.82, 2.24) is 0 Å². The summed E-state index contributed by atoms with van der Waals surface area (Å²) in [7, 11) is 0. The number of epoxide rings is 1. The van der Waals surface area contributed by atoms with Crippen molar-refractivity contribution in [1.29, 1.82) is 0 Å². The summed E-state index contributed by atoms with van der Waals surface area (Å²) in [6.07, 6.45) is 8.89. The Bertz CT molecular complexity index is 643. The van der Waals surface area contributed by atoms with Crippen LogP contribution in [0.2, 0.25) is 0 Å². The van der Waals surface area contributed by atoms with Gasteiger partial charge in [0.15, 0.2) is 6.29 Å². The highest BCUT2D eigenvalue weighted by Crippen LogP contribution is 2.57. The van der Waals surface area contributed by atoms with Gasteiger partial charge in [0.05, 0.1) is 18.1 Å². The monoisotopic (exact) mass is 408 g/mol. The number of hydrogen-bond acceptors (Lipinski definition) is 4. The van der Waals surface area contributed by atoms with Crippen molar-refractivity contribution in [3.63, 3.8) is 0 Å². The molecular formula is C20H25BrO4. The number of benzene rings is 1. The van der Waals surface area contributed by atoms with Crippen LogP contribution in [0.15, 0.2) is 16.6 Å². The average molecular weight is 409 g/mol. The Hall–Kier alpha value is -0.620. The van der Waals surface area contributed by atoms with Crippen LogP contribution < -0.4 is 4.74 Å². The molecule has 0 radical (unpaired) electrons. The molecule has 0 spiro atoms. The lowest BCUT2D eigenvalue weighted by Gasteiger charge is -2.22. The average Bonchev–Trinajstić information content (AvgIpc) is 3.13. The summed E-state index contributed by atoms with van der Waals surface area (Å²) in [6, 6.07) is 4.45. The van der Waals surface area contributed by atoms with Crippen LogP contribution in [-0.2, 0) is 20.6 Å². The van der Waals surface area contributed by atoms with Crippen LogP contribution in [0.25, 0.3) is 0 Å². The fraction of sp³-hybridized carbons (Fsp3) is 0.700. The highest BCUT2D eigenvalue weighted by atomic mass is 79.9. The van der Waals surface area contributed by atoms with E-state index in [1.54, 1.807) is 0 Å². The fourth-order valence-corrected chi connectivity index (χ4v) is 5.15. The molecule has 3 aliphatic heterocycles.